The third-order valence-corrected chi connectivity index (χ3v) is 6.55. The van der Waals surface area contributed by atoms with Gasteiger partial charge >= 0.3 is 5.97 Å². The number of esters is 1. The third kappa shape index (κ3) is 6.34. The van der Waals surface area contributed by atoms with Gasteiger partial charge in [-0.3, -0.25) is 19.5 Å². The van der Waals surface area contributed by atoms with Crippen molar-refractivity contribution < 1.29 is 23.9 Å². The van der Waals surface area contributed by atoms with Gasteiger partial charge in [-0.1, -0.05) is 31.4 Å². The molecule has 38 heavy (non-hydrogen) atoms. The first kappa shape index (κ1) is 26.8. The fraction of sp³-hybridized carbons (Fsp3) is 0.345. The monoisotopic (exact) mass is 516 g/mol. The zero-order valence-electron chi connectivity index (χ0n) is 21.6. The Morgan fingerprint density at radius 3 is 2.32 bits per heavy atom. The van der Waals surface area contributed by atoms with Gasteiger partial charge in [0.05, 0.1) is 25.5 Å². The van der Waals surface area contributed by atoms with E-state index in [1.807, 2.05) is 0 Å². The average Bonchev–Trinajstić information content (AvgIpc) is 2.97. The molecule has 1 heterocycles. The zero-order chi connectivity index (χ0) is 26.9. The second-order valence-electron chi connectivity index (χ2n) is 9.05. The van der Waals surface area contributed by atoms with Crippen molar-refractivity contribution in [3.8, 4) is 5.75 Å². The Labute approximate surface area is 222 Å². The molecule has 9 heteroatoms. The first-order valence-corrected chi connectivity index (χ1v) is 12.8. The second-order valence-corrected chi connectivity index (χ2v) is 9.05. The Balaban J connectivity index is 1.79. The van der Waals surface area contributed by atoms with Crippen molar-refractivity contribution in [1.82, 2.24) is 15.3 Å². The summed E-state index contributed by atoms with van der Waals surface area (Å²) in [6.45, 7) is 1.98. The average molecular weight is 517 g/mol. The second kappa shape index (κ2) is 12.8. The summed E-state index contributed by atoms with van der Waals surface area (Å²) in [5.74, 6) is -0.631. The molecule has 0 bridgehead atoms. The number of ether oxygens (including phenoxy) is 2. The van der Waals surface area contributed by atoms with Crippen LogP contribution >= 0.6 is 0 Å². The zero-order valence-corrected chi connectivity index (χ0v) is 21.6. The Hall–Kier alpha value is -4.27. The summed E-state index contributed by atoms with van der Waals surface area (Å²) < 4.78 is 10.4. The van der Waals surface area contributed by atoms with Crippen molar-refractivity contribution in [2.24, 2.45) is 0 Å². The van der Waals surface area contributed by atoms with Crippen molar-refractivity contribution in [2.75, 3.05) is 18.6 Å². The highest BCUT2D eigenvalue weighted by atomic mass is 16.5. The number of hydrogen-bond donors (Lipinski definition) is 1. The van der Waals surface area contributed by atoms with Crippen LogP contribution in [0.4, 0.5) is 5.69 Å². The van der Waals surface area contributed by atoms with Gasteiger partial charge in [0.15, 0.2) is 0 Å². The molecule has 4 rings (SSSR count). The maximum atomic E-state index is 13.9. The molecule has 0 radical (unpaired) electrons. The SMILES string of the molecule is CCOC(=O)c1ccc(N(C(=O)c2cnccn2)[C@H](C(=O)NC2CCCCC2)c2ccc(OC)cc2)cc1. The standard InChI is InChI=1S/C29H32N4O5/c1-3-38-29(36)21-9-13-23(14-10-21)33(28(35)25-19-30-17-18-31-25)26(20-11-15-24(37-2)16-12-20)27(34)32-22-7-5-4-6-8-22/h9-19,22,26H,3-8H2,1-2H3,(H,32,34)/t26-/m0/s1. The van der Waals surface area contributed by atoms with Gasteiger partial charge in [-0.25, -0.2) is 9.78 Å². The first-order chi connectivity index (χ1) is 18.5. The van der Waals surface area contributed by atoms with Crippen LogP contribution in [0.5, 0.6) is 5.75 Å². The molecule has 1 aliphatic rings. The van der Waals surface area contributed by atoms with Gasteiger partial charge in [0.25, 0.3) is 5.91 Å². The number of hydrogen-bond acceptors (Lipinski definition) is 7. The van der Waals surface area contributed by atoms with Gasteiger partial charge in [0.2, 0.25) is 5.91 Å². The molecular weight excluding hydrogens is 484 g/mol. The molecule has 1 fully saturated rings. The predicted molar refractivity (Wildman–Crippen MR) is 142 cm³/mol. The fourth-order valence-electron chi connectivity index (χ4n) is 4.62. The van der Waals surface area contributed by atoms with E-state index in [9.17, 15) is 14.4 Å². The fourth-order valence-corrected chi connectivity index (χ4v) is 4.62. The molecule has 9 nitrogen and oxygen atoms in total. The van der Waals surface area contributed by atoms with Crippen LogP contribution in [0.25, 0.3) is 0 Å². The predicted octanol–water partition coefficient (Wildman–Crippen LogP) is 4.50. The van der Waals surface area contributed by atoms with Gasteiger partial charge in [-0.05, 0) is 61.7 Å². The quantitative estimate of drug-likeness (QED) is 0.417. The first-order valence-electron chi connectivity index (χ1n) is 12.8. The highest BCUT2D eigenvalue weighted by molar-refractivity contribution is 6.09. The lowest BCUT2D eigenvalue weighted by Crippen LogP contribution is -2.47. The molecule has 1 N–H and O–H groups in total. The minimum absolute atomic E-state index is 0.0386. The van der Waals surface area contributed by atoms with Crippen LogP contribution in [-0.4, -0.2) is 47.5 Å². The number of nitrogens with zero attached hydrogens (tertiary/aromatic N) is 3. The van der Waals surface area contributed by atoms with E-state index in [1.165, 1.54) is 23.5 Å². The number of aromatic nitrogens is 2. The van der Waals surface area contributed by atoms with Gasteiger partial charge in [0, 0.05) is 24.1 Å². The molecule has 1 aromatic heterocycles. The minimum Gasteiger partial charge on any atom is -0.497 e. The van der Waals surface area contributed by atoms with Crippen molar-refractivity contribution >= 4 is 23.5 Å². The summed E-state index contributed by atoms with van der Waals surface area (Å²) in [7, 11) is 1.57. The molecule has 0 spiro atoms. The highest BCUT2D eigenvalue weighted by Gasteiger charge is 2.35. The molecule has 1 aliphatic carbocycles. The summed E-state index contributed by atoms with van der Waals surface area (Å²) in [4.78, 5) is 49.7. The molecular formula is C29H32N4O5. The largest absolute Gasteiger partial charge is 0.497 e. The lowest BCUT2D eigenvalue weighted by atomic mass is 9.94. The van der Waals surface area contributed by atoms with E-state index in [-0.39, 0.29) is 24.2 Å². The lowest BCUT2D eigenvalue weighted by molar-refractivity contribution is -0.123. The van der Waals surface area contributed by atoms with E-state index in [1.54, 1.807) is 62.6 Å². The molecule has 2 amide bonds. The van der Waals surface area contributed by atoms with E-state index in [0.717, 1.165) is 32.1 Å². The van der Waals surface area contributed by atoms with Crippen LogP contribution < -0.4 is 15.0 Å². The van der Waals surface area contributed by atoms with E-state index in [2.05, 4.69) is 15.3 Å². The number of anilines is 1. The van der Waals surface area contributed by atoms with Crippen LogP contribution in [0, 0.1) is 0 Å². The highest BCUT2D eigenvalue weighted by Crippen LogP contribution is 2.31. The Morgan fingerprint density at radius 2 is 1.71 bits per heavy atom. The Morgan fingerprint density at radius 1 is 1.00 bits per heavy atom. The van der Waals surface area contributed by atoms with E-state index < -0.39 is 17.9 Å². The van der Waals surface area contributed by atoms with Crippen LogP contribution in [-0.2, 0) is 9.53 Å². The Bertz CT molecular complexity index is 1230. The number of amides is 2. The lowest BCUT2D eigenvalue weighted by Gasteiger charge is -2.33. The number of carbonyl (C=O) groups is 3. The maximum Gasteiger partial charge on any atom is 0.338 e. The summed E-state index contributed by atoms with van der Waals surface area (Å²) in [5, 5.41) is 3.17. The van der Waals surface area contributed by atoms with E-state index in [0.29, 0.717) is 22.6 Å². The molecule has 0 saturated heterocycles. The minimum atomic E-state index is -1.01. The summed E-state index contributed by atoms with van der Waals surface area (Å²) in [5.41, 5.74) is 1.46. The topological polar surface area (TPSA) is 111 Å². The molecule has 1 atom stereocenters. The van der Waals surface area contributed by atoms with Crippen molar-refractivity contribution in [3.05, 3.63) is 83.9 Å². The summed E-state index contributed by atoms with van der Waals surface area (Å²) >= 11 is 0. The number of rotatable bonds is 9. The molecule has 198 valence electrons. The van der Waals surface area contributed by atoms with Gasteiger partial charge in [-0.15, -0.1) is 0 Å². The normalized spacial score (nSPS) is 14.3. The van der Waals surface area contributed by atoms with Crippen molar-refractivity contribution in [1.29, 1.82) is 0 Å². The van der Waals surface area contributed by atoms with E-state index >= 15 is 0 Å². The van der Waals surface area contributed by atoms with Crippen LogP contribution in [0.15, 0.2) is 67.1 Å². The third-order valence-electron chi connectivity index (χ3n) is 6.55. The van der Waals surface area contributed by atoms with Crippen molar-refractivity contribution in [2.45, 2.75) is 51.1 Å². The smallest absolute Gasteiger partial charge is 0.338 e. The summed E-state index contributed by atoms with van der Waals surface area (Å²) in [6, 6.07) is 12.5. The molecule has 0 aliphatic heterocycles. The number of nitrogens with one attached hydrogen (secondary N) is 1. The van der Waals surface area contributed by atoms with Gasteiger partial charge in [0.1, 0.15) is 17.5 Å². The van der Waals surface area contributed by atoms with Crippen LogP contribution in [0.3, 0.4) is 0 Å². The maximum absolute atomic E-state index is 13.9. The number of benzene rings is 2. The Kier molecular flexibility index (Phi) is 9.02. The van der Waals surface area contributed by atoms with Gasteiger partial charge < -0.3 is 14.8 Å². The van der Waals surface area contributed by atoms with Crippen molar-refractivity contribution in [3.63, 3.8) is 0 Å². The van der Waals surface area contributed by atoms with Gasteiger partial charge in [-0.2, -0.15) is 0 Å². The molecule has 2 aromatic carbocycles. The molecule has 0 unspecified atom stereocenters. The van der Waals surface area contributed by atoms with E-state index in [4.69, 9.17) is 9.47 Å². The van der Waals surface area contributed by atoms with Crippen LogP contribution in [0.2, 0.25) is 0 Å². The molecule has 1 saturated carbocycles. The molecule has 3 aromatic rings. The summed E-state index contributed by atoms with van der Waals surface area (Å²) in [6.07, 6.45) is 9.32. The van der Waals surface area contributed by atoms with Crippen LogP contribution in [0.1, 0.15) is 71.5 Å². The number of methoxy groups -OCH3 is 1. The number of carbonyl (C=O) groups excluding carboxylic acids is 3.